The highest BCUT2D eigenvalue weighted by Gasteiger charge is 2.67. The molecule has 0 saturated heterocycles. The summed E-state index contributed by atoms with van der Waals surface area (Å²) in [5.74, 6) is -0.406. The van der Waals surface area contributed by atoms with Gasteiger partial charge in [-0.2, -0.15) is 0 Å². The zero-order valence-electron chi connectivity index (χ0n) is 7.19. The number of alkyl halides is 1. The Kier molecular flexibility index (Phi) is 1.41. The van der Waals surface area contributed by atoms with Gasteiger partial charge < -0.3 is 0 Å². The predicted molar refractivity (Wildman–Crippen MR) is 48.2 cm³/mol. The molecule has 12 heavy (non-hydrogen) atoms. The summed E-state index contributed by atoms with van der Waals surface area (Å²) >= 11 is 3.44. The van der Waals surface area contributed by atoms with Gasteiger partial charge in [-0.15, -0.1) is 0 Å². The fourth-order valence-electron chi connectivity index (χ4n) is 2.52. The molecule has 0 N–H and O–H groups in total. The lowest BCUT2D eigenvalue weighted by atomic mass is 9.82. The Morgan fingerprint density at radius 2 is 2.00 bits per heavy atom. The van der Waals surface area contributed by atoms with Crippen LogP contribution < -0.4 is 0 Å². The summed E-state index contributed by atoms with van der Waals surface area (Å²) in [6, 6.07) is 0. The van der Waals surface area contributed by atoms with Crippen LogP contribution in [0.25, 0.3) is 0 Å². The van der Waals surface area contributed by atoms with E-state index in [1.807, 2.05) is 13.8 Å². The fraction of sp³-hybridized carbons (Fsp3) is 0.778. The molecule has 2 saturated carbocycles. The molecule has 0 aliphatic heterocycles. The predicted octanol–water partition coefficient (Wildman–Crippen LogP) is 1.71. The molecule has 0 aromatic heterocycles. The highest BCUT2D eigenvalue weighted by molar-refractivity contribution is 9.10. The number of halogens is 1. The van der Waals surface area contributed by atoms with Crippen molar-refractivity contribution in [2.24, 2.45) is 11.3 Å². The van der Waals surface area contributed by atoms with Crippen LogP contribution in [0.1, 0.15) is 26.7 Å². The molecule has 2 bridgehead atoms. The molecule has 2 aliphatic carbocycles. The maximum atomic E-state index is 11.5. The molecule has 2 unspecified atom stereocenters. The molecule has 3 heteroatoms. The molecule has 2 rings (SSSR count). The zero-order valence-corrected chi connectivity index (χ0v) is 8.77. The molecular formula is C9H11BrO2. The smallest absolute Gasteiger partial charge is 0.215 e. The lowest BCUT2D eigenvalue weighted by Gasteiger charge is -2.29. The van der Waals surface area contributed by atoms with E-state index in [9.17, 15) is 9.59 Å². The highest BCUT2D eigenvalue weighted by Crippen LogP contribution is 2.61. The first kappa shape index (κ1) is 8.42. The van der Waals surface area contributed by atoms with E-state index in [4.69, 9.17) is 0 Å². The second kappa shape index (κ2) is 2.00. The van der Waals surface area contributed by atoms with Gasteiger partial charge >= 0.3 is 0 Å². The summed E-state index contributed by atoms with van der Waals surface area (Å²) in [6.45, 7) is 4.00. The topological polar surface area (TPSA) is 34.1 Å². The molecule has 0 aromatic carbocycles. The van der Waals surface area contributed by atoms with Gasteiger partial charge in [0.15, 0.2) is 0 Å². The lowest BCUT2D eigenvalue weighted by molar-refractivity contribution is -0.137. The number of hydrogen-bond acceptors (Lipinski definition) is 2. The zero-order chi connectivity index (χ0) is 9.15. The van der Waals surface area contributed by atoms with Crippen molar-refractivity contribution >= 4 is 27.5 Å². The molecule has 2 fully saturated rings. The van der Waals surface area contributed by atoms with Gasteiger partial charge in [-0.3, -0.25) is 9.59 Å². The van der Waals surface area contributed by atoms with Crippen molar-refractivity contribution in [1.82, 2.24) is 0 Å². The van der Waals surface area contributed by atoms with Crippen molar-refractivity contribution in [2.45, 2.75) is 31.0 Å². The van der Waals surface area contributed by atoms with Crippen molar-refractivity contribution in [3.8, 4) is 0 Å². The summed E-state index contributed by atoms with van der Waals surface area (Å²) in [6.07, 6.45) is 1.68. The van der Waals surface area contributed by atoms with Gasteiger partial charge in [0, 0.05) is 5.92 Å². The minimum absolute atomic E-state index is 0.0376. The van der Waals surface area contributed by atoms with Gasteiger partial charge in [-0.05, 0) is 18.3 Å². The van der Waals surface area contributed by atoms with Gasteiger partial charge in [0.25, 0.3) is 0 Å². The van der Waals surface area contributed by atoms with E-state index in [0.717, 1.165) is 12.8 Å². The average Bonchev–Trinajstić information content (AvgIpc) is 2.26. The molecule has 2 atom stereocenters. The van der Waals surface area contributed by atoms with E-state index in [1.54, 1.807) is 0 Å². The fourth-order valence-corrected chi connectivity index (χ4v) is 3.22. The monoisotopic (exact) mass is 230 g/mol. The van der Waals surface area contributed by atoms with Crippen molar-refractivity contribution in [3.63, 3.8) is 0 Å². The molecule has 0 radical (unpaired) electrons. The lowest BCUT2D eigenvalue weighted by Crippen LogP contribution is -2.37. The molecular weight excluding hydrogens is 220 g/mol. The SMILES string of the molecule is CC1(C)C2CCC1(Br)C(=O)C2=O. The van der Waals surface area contributed by atoms with Gasteiger partial charge in [0.1, 0.15) is 0 Å². The second-order valence-corrected chi connectivity index (χ2v) is 5.66. The maximum absolute atomic E-state index is 11.5. The van der Waals surface area contributed by atoms with Crippen molar-refractivity contribution in [3.05, 3.63) is 0 Å². The molecule has 0 amide bonds. The van der Waals surface area contributed by atoms with Crippen molar-refractivity contribution in [2.75, 3.05) is 0 Å². The number of rotatable bonds is 0. The molecule has 0 heterocycles. The number of hydrogen-bond donors (Lipinski definition) is 0. The highest BCUT2D eigenvalue weighted by atomic mass is 79.9. The van der Waals surface area contributed by atoms with Crippen LogP contribution >= 0.6 is 15.9 Å². The molecule has 66 valence electrons. The van der Waals surface area contributed by atoms with E-state index in [2.05, 4.69) is 15.9 Å². The Morgan fingerprint density at radius 1 is 1.42 bits per heavy atom. The van der Waals surface area contributed by atoms with Gasteiger partial charge in [0.2, 0.25) is 11.6 Å². The van der Waals surface area contributed by atoms with Crippen LogP contribution in [0.2, 0.25) is 0 Å². The van der Waals surface area contributed by atoms with Crippen LogP contribution in [0.3, 0.4) is 0 Å². The number of fused-ring (bicyclic) bond motifs is 2. The van der Waals surface area contributed by atoms with E-state index in [0.29, 0.717) is 0 Å². The van der Waals surface area contributed by atoms with Crippen molar-refractivity contribution in [1.29, 1.82) is 0 Å². The van der Waals surface area contributed by atoms with Crippen LogP contribution in [0.5, 0.6) is 0 Å². The van der Waals surface area contributed by atoms with Crippen LogP contribution in [-0.4, -0.2) is 15.9 Å². The van der Waals surface area contributed by atoms with Crippen LogP contribution in [0.15, 0.2) is 0 Å². The Morgan fingerprint density at radius 3 is 2.25 bits per heavy atom. The molecule has 2 aliphatic rings. The normalized spacial score (nSPS) is 44.1. The van der Waals surface area contributed by atoms with Crippen molar-refractivity contribution < 1.29 is 9.59 Å². The standard InChI is InChI=1S/C9H11BrO2/c1-8(2)5-3-4-9(8,10)7(12)6(5)11/h5H,3-4H2,1-2H3. The van der Waals surface area contributed by atoms with Crippen LogP contribution in [0, 0.1) is 11.3 Å². The molecule has 0 aromatic rings. The third kappa shape index (κ3) is 0.630. The first-order chi connectivity index (χ1) is 5.41. The minimum atomic E-state index is -0.540. The molecule has 0 spiro atoms. The largest absolute Gasteiger partial charge is 0.290 e. The Hall–Kier alpha value is -0.180. The Bertz CT molecular complexity index is 282. The summed E-state index contributed by atoms with van der Waals surface area (Å²) in [5.41, 5.74) is -0.179. The first-order valence-corrected chi connectivity index (χ1v) is 4.98. The average molecular weight is 231 g/mol. The summed E-state index contributed by atoms with van der Waals surface area (Å²) < 4.78 is -0.540. The van der Waals surface area contributed by atoms with Gasteiger partial charge in [-0.1, -0.05) is 29.8 Å². The van der Waals surface area contributed by atoms with E-state index < -0.39 is 4.32 Å². The summed E-state index contributed by atoms with van der Waals surface area (Å²) in [7, 11) is 0. The third-order valence-electron chi connectivity index (χ3n) is 3.57. The quantitative estimate of drug-likeness (QED) is 0.469. The number of carbonyl (C=O) groups is 2. The van der Waals surface area contributed by atoms with Crippen LogP contribution in [-0.2, 0) is 9.59 Å². The summed E-state index contributed by atoms with van der Waals surface area (Å²) in [5, 5.41) is 0. The maximum Gasteiger partial charge on any atom is 0.215 e. The van der Waals surface area contributed by atoms with Gasteiger partial charge in [-0.25, -0.2) is 0 Å². The third-order valence-corrected chi connectivity index (χ3v) is 5.35. The summed E-state index contributed by atoms with van der Waals surface area (Å²) in [4.78, 5) is 22.9. The Balaban J connectivity index is 2.58. The van der Waals surface area contributed by atoms with E-state index in [-0.39, 0.29) is 22.9 Å². The minimum Gasteiger partial charge on any atom is -0.290 e. The van der Waals surface area contributed by atoms with E-state index in [1.165, 1.54) is 0 Å². The first-order valence-electron chi connectivity index (χ1n) is 4.19. The number of ketones is 2. The second-order valence-electron chi connectivity index (χ2n) is 4.31. The molecule has 2 nitrogen and oxygen atoms in total. The van der Waals surface area contributed by atoms with Gasteiger partial charge in [0.05, 0.1) is 4.32 Å². The van der Waals surface area contributed by atoms with Crippen LogP contribution in [0.4, 0.5) is 0 Å². The number of carbonyl (C=O) groups excluding carboxylic acids is 2. The number of Topliss-reactive ketones (excluding diaryl/α,β-unsaturated/α-hetero) is 2. The van der Waals surface area contributed by atoms with E-state index >= 15 is 0 Å². The Labute approximate surface area is 79.8 Å².